The summed E-state index contributed by atoms with van der Waals surface area (Å²) in [6.45, 7) is 0. The van der Waals surface area contributed by atoms with Gasteiger partial charge in [-0.05, 0) is 46.5 Å². The van der Waals surface area contributed by atoms with Crippen molar-refractivity contribution < 1.29 is 19.2 Å². The predicted molar refractivity (Wildman–Crippen MR) is 121 cm³/mol. The second kappa shape index (κ2) is 7.59. The Hall–Kier alpha value is -4.58. The minimum absolute atomic E-state index is 0.340. The highest BCUT2D eigenvalue weighted by molar-refractivity contribution is 6.28. The maximum absolute atomic E-state index is 11.8. The number of benzene rings is 3. The summed E-state index contributed by atoms with van der Waals surface area (Å²) in [5, 5.41) is 0. The normalized spacial score (nSPS) is 15.4. The third-order valence-electron chi connectivity index (χ3n) is 5.42. The summed E-state index contributed by atoms with van der Waals surface area (Å²) in [7, 11) is 0. The fourth-order valence-corrected chi connectivity index (χ4v) is 3.77. The Morgan fingerprint density at radius 1 is 0.344 bits per heavy atom. The van der Waals surface area contributed by atoms with Crippen LogP contribution in [0.4, 0.5) is 11.4 Å². The molecule has 0 atom stereocenters. The molecule has 2 heterocycles. The largest absolute Gasteiger partial charge is 0.269 e. The van der Waals surface area contributed by atoms with E-state index in [2.05, 4.69) is 0 Å². The van der Waals surface area contributed by atoms with Gasteiger partial charge in [-0.15, -0.1) is 0 Å². The first-order chi connectivity index (χ1) is 15.5. The second-order valence-electron chi connectivity index (χ2n) is 7.36. The highest BCUT2D eigenvalue weighted by Gasteiger charge is 2.25. The number of imide groups is 2. The van der Waals surface area contributed by atoms with Gasteiger partial charge in [-0.1, -0.05) is 48.5 Å². The summed E-state index contributed by atoms with van der Waals surface area (Å²) in [6, 6.07) is 22.4. The molecule has 0 bridgehead atoms. The summed E-state index contributed by atoms with van der Waals surface area (Å²) in [4.78, 5) is 49.5. The Kier molecular flexibility index (Phi) is 4.60. The molecule has 4 amide bonds. The molecular weight excluding hydrogens is 404 g/mol. The molecule has 0 radical (unpaired) electrons. The van der Waals surface area contributed by atoms with Crippen molar-refractivity contribution in [1.29, 1.82) is 0 Å². The Labute approximate surface area is 183 Å². The molecule has 5 rings (SSSR count). The molecular formula is C26H16N2O4. The number of amides is 4. The van der Waals surface area contributed by atoms with Crippen LogP contribution in [0.5, 0.6) is 0 Å². The van der Waals surface area contributed by atoms with Crippen LogP contribution in [0.25, 0.3) is 22.3 Å². The Morgan fingerprint density at radius 2 is 0.562 bits per heavy atom. The molecule has 0 spiro atoms. The average molecular weight is 420 g/mol. The number of carbonyl (C=O) groups is 4. The maximum atomic E-state index is 11.8. The Morgan fingerprint density at radius 3 is 0.812 bits per heavy atom. The minimum atomic E-state index is -0.340. The number of anilines is 2. The number of nitrogens with zero attached hydrogens (tertiary/aromatic N) is 2. The van der Waals surface area contributed by atoms with Crippen molar-refractivity contribution in [3.05, 3.63) is 97.1 Å². The SMILES string of the molecule is O=C1C=CC(=O)N1c1ccc(-c2ccc(-c3ccc(N4C(=O)C=CC4=O)cc3)cc2)cc1. The monoisotopic (exact) mass is 420 g/mol. The van der Waals surface area contributed by atoms with Crippen molar-refractivity contribution in [2.45, 2.75) is 0 Å². The van der Waals surface area contributed by atoms with E-state index in [0.717, 1.165) is 32.1 Å². The number of hydrogen-bond donors (Lipinski definition) is 0. The molecule has 0 N–H and O–H groups in total. The van der Waals surface area contributed by atoms with Crippen LogP contribution in [0.2, 0.25) is 0 Å². The minimum Gasteiger partial charge on any atom is -0.269 e. The van der Waals surface area contributed by atoms with E-state index < -0.39 is 0 Å². The van der Waals surface area contributed by atoms with Crippen LogP contribution >= 0.6 is 0 Å². The maximum Gasteiger partial charge on any atom is 0.258 e. The van der Waals surface area contributed by atoms with Gasteiger partial charge in [0.1, 0.15) is 0 Å². The highest BCUT2D eigenvalue weighted by atomic mass is 16.2. The zero-order valence-electron chi connectivity index (χ0n) is 16.8. The molecule has 0 saturated carbocycles. The van der Waals surface area contributed by atoms with Gasteiger partial charge in [0.05, 0.1) is 11.4 Å². The molecule has 0 aromatic heterocycles. The first-order valence-corrected chi connectivity index (χ1v) is 9.94. The quantitative estimate of drug-likeness (QED) is 0.601. The fourth-order valence-electron chi connectivity index (χ4n) is 3.77. The lowest BCUT2D eigenvalue weighted by atomic mass is 10.00. The van der Waals surface area contributed by atoms with Gasteiger partial charge in [-0.3, -0.25) is 19.2 Å². The van der Waals surface area contributed by atoms with Crippen LogP contribution < -0.4 is 9.80 Å². The molecule has 6 nitrogen and oxygen atoms in total. The smallest absolute Gasteiger partial charge is 0.258 e. The second-order valence-corrected chi connectivity index (χ2v) is 7.36. The van der Waals surface area contributed by atoms with E-state index in [1.807, 2.05) is 48.5 Å². The van der Waals surface area contributed by atoms with Crippen molar-refractivity contribution in [3.8, 4) is 22.3 Å². The lowest BCUT2D eigenvalue weighted by Gasteiger charge is -2.15. The fraction of sp³-hybridized carbons (Fsp3) is 0. The van der Waals surface area contributed by atoms with Gasteiger partial charge >= 0.3 is 0 Å². The van der Waals surface area contributed by atoms with Gasteiger partial charge in [0, 0.05) is 24.3 Å². The molecule has 3 aromatic carbocycles. The third kappa shape index (κ3) is 3.33. The first kappa shape index (κ1) is 19.4. The van der Waals surface area contributed by atoms with Crippen molar-refractivity contribution in [2.24, 2.45) is 0 Å². The van der Waals surface area contributed by atoms with Crippen LogP contribution in [0.1, 0.15) is 0 Å². The Bertz CT molecular complexity index is 1180. The summed E-state index contributed by atoms with van der Waals surface area (Å²) in [5.41, 5.74) is 4.98. The standard InChI is InChI=1S/C26H16N2O4/c29-23-13-14-24(30)27(23)21-9-5-19(6-10-21)17-1-2-18(4-3-17)20-7-11-22(12-8-20)28-25(31)15-16-26(28)32/h1-16H. The van der Waals surface area contributed by atoms with E-state index in [4.69, 9.17) is 0 Å². The zero-order valence-corrected chi connectivity index (χ0v) is 16.8. The van der Waals surface area contributed by atoms with Gasteiger partial charge in [-0.2, -0.15) is 0 Å². The first-order valence-electron chi connectivity index (χ1n) is 9.94. The number of rotatable bonds is 4. The van der Waals surface area contributed by atoms with Crippen LogP contribution in [0.3, 0.4) is 0 Å². The average Bonchev–Trinajstić information content (AvgIpc) is 3.34. The number of hydrogen-bond acceptors (Lipinski definition) is 4. The van der Waals surface area contributed by atoms with E-state index >= 15 is 0 Å². The van der Waals surface area contributed by atoms with Crippen molar-refractivity contribution in [1.82, 2.24) is 0 Å². The van der Waals surface area contributed by atoms with E-state index in [9.17, 15) is 19.2 Å². The van der Waals surface area contributed by atoms with Gasteiger partial charge < -0.3 is 0 Å². The van der Waals surface area contributed by atoms with Gasteiger partial charge in [0.25, 0.3) is 23.6 Å². The molecule has 0 fully saturated rings. The van der Waals surface area contributed by atoms with Crippen LogP contribution in [-0.2, 0) is 19.2 Å². The molecule has 2 aliphatic rings. The van der Waals surface area contributed by atoms with Gasteiger partial charge in [0.15, 0.2) is 0 Å². The van der Waals surface area contributed by atoms with Crippen LogP contribution in [0, 0.1) is 0 Å². The summed E-state index contributed by atoms with van der Waals surface area (Å²) < 4.78 is 0. The molecule has 0 unspecified atom stereocenters. The van der Waals surface area contributed by atoms with Crippen LogP contribution in [-0.4, -0.2) is 23.6 Å². The zero-order chi connectivity index (χ0) is 22.2. The topological polar surface area (TPSA) is 74.8 Å². The van der Waals surface area contributed by atoms with E-state index in [1.165, 1.54) is 24.3 Å². The van der Waals surface area contributed by atoms with Crippen molar-refractivity contribution in [2.75, 3.05) is 9.80 Å². The van der Waals surface area contributed by atoms with E-state index in [-0.39, 0.29) is 23.6 Å². The predicted octanol–water partition coefficient (Wildman–Crippen LogP) is 3.88. The van der Waals surface area contributed by atoms with Gasteiger partial charge in [0.2, 0.25) is 0 Å². The lowest BCUT2D eigenvalue weighted by molar-refractivity contribution is -0.121. The van der Waals surface area contributed by atoms with Gasteiger partial charge in [-0.25, -0.2) is 9.80 Å². The molecule has 0 aliphatic carbocycles. The lowest BCUT2D eigenvalue weighted by Crippen LogP contribution is -2.29. The Balaban J connectivity index is 1.33. The molecule has 32 heavy (non-hydrogen) atoms. The summed E-state index contributed by atoms with van der Waals surface area (Å²) in [6.07, 6.45) is 5.05. The summed E-state index contributed by atoms with van der Waals surface area (Å²) >= 11 is 0. The van der Waals surface area contributed by atoms with E-state index in [0.29, 0.717) is 11.4 Å². The van der Waals surface area contributed by atoms with Crippen molar-refractivity contribution >= 4 is 35.0 Å². The molecule has 3 aromatic rings. The molecule has 2 aliphatic heterocycles. The molecule has 154 valence electrons. The summed E-state index contributed by atoms with van der Waals surface area (Å²) in [5.74, 6) is -1.36. The number of carbonyl (C=O) groups excluding carboxylic acids is 4. The van der Waals surface area contributed by atoms with Crippen LogP contribution in [0.15, 0.2) is 97.1 Å². The molecule has 0 saturated heterocycles. The van der Waals surface area contributed by atoms with Crippen molar-refractivity contribution in [3.63, 3.8) is 0 Å². The highest BCUT2D eigenvalue weighted by Crippen LogP contribution is 2.29. The molecule has 6 heteroatoms. The third-order valence-corrected chi connectivity index (χ3v) is 5.42. The van der Waals surface area contributed by atoms with E-state index in [1.54, 1.807) is 24.3 Å².